The predicted molar refractivity (Wildman–Crippen MR) is 315 cm³/mol. The van der Waals surface area contributed by atoms with Crippen LogP contribution in [0.1, 0.15) is 205 Å². The minimum Gasteiger partial charge on any atom is -0.481 e. The molecular weight excluding hydrogens is 1060 g/mol. The number of esters is 1. The second kappa shape index (κ2) is 50.9. The summed E-state index contributed by atoms with van der Waals surface area (Å²) in [7, 11) is 2.51. The fourth-order valence-electron chi connectivity index (χ4n) is 9.76. The molecule has 0 aromatic carbocycles. The van der Waals surface area contributed by atoms with E-state index in [2.05, 4.69) is 89.7 Å². The van der Waals surface area contributed by atoms with E-state index in [0.29, 0.717) is 31.7 Å². The second-order valence-corrected chi connectivity index (χ2v) is 24.1. The average molecular weight is 1170 g/mol. The van der Waals surface area contributed by atoms with Crippen LogP contribution in [0.4, 0.5) is 4.79 Å². The first kappa shape index (κ1) is 83.9. The van der Waals surface area contributed by atoms with Gasteiger partial charge in [-0.05, 0) is 173 Å². The monoisotopic (exact) mass is 1170 g/mol. The number of rotatable bonds is 20. The van der Waals surface area contributed by atoms with Crippen molar-refractivity contribution < 1.29 is 83.5 Å². The number of carbonyl (C=O) groups is 3. The summed E-state index contributed by atoms with van der Waals surface area (Å²) in [5.41, 5.74) is -1.64. The highest BCUT2D eigenvalue weighted by atomic mass is 16.7. The van der Waals surface area contributed by atoms with Crippen molar-refractivity contribution in [2.45, 2.75) is 235 Å². The molecule has 0 bridgehead atoms. The normalized spacial score (nSPS) is 21.6. The van der Waals surface area contributed by atoms with Crippen LogP contribution in [0.2, 0.25) is 0 Å². The molecule has 4 rings (SSSR count). The number of carbonyl (C=O) groups excluding carboxylic acids is 6. The minimum atomic E-state index is -1.39. The smallest absolute Gasteiger partial charge is 0.481 e. The van der Waals surface area contributed by atoms with E-state index in [4.69, 9.17) is 40.5 Å². The lowest BCUT2D eigenvalue weighted by molar-refractivity contribution is -0.153. The molecule has 2 atom stereocenters. The molecule has 22 nitrogen and oxygen atoms in total. The fraction of sp³-hybridized carbons (Fsp3) is 0.883. The van der Waals surface area contributed by atoms with E-state index >= 15 is 0 Å². The van der Waals surface area contributed by atoms with Gasteiger partial charge < -0.3 is 50.0 Å². The van der Waals surface area contributed by atoms with Gasteiger partial charge in [-0.15, -0.1) is 0 Å². The molecule has 4 fully saturated rings. The number of nitrogens with zero attached hydrogens (tertiary/aromatic N) is 5. The van der Waals surface area contributed by atoms with E-state index in [0.717, 1.165) is 108 Å². The number of unbranched alkanes of at least 4 members (excludes halogenated alkanes) is 3. The van der Waals surface area contributed by atoms with E-state index in [1.165, 1.54) is 53.2 Å². The Balaban J connectivity index is -0.000000440. The van der Waals surface area contributed by atoms with Gasteiger partial charge in [0.25, 0.3) is 0 Å². The van der Waals surface area contributed by atoms with E-state index < -0.39 is 30.8 Å². The highest BCUT2D eigenvalue weighted by Gasteiger charge is 2.41. The van der Waals surface area contributed by atoms with Gasteiger partial charge >= 0.3 is 18.1 Å². The molecule has 3 saturated carbocycles. The third-order valence-corrected chi connectivity index (χ3v) is 14.4. The number of hydrogen-bond acceptors (Lipinski definition) is 21. The Morgan fingerprint density at radius 3 is 1.39 bits per heavy atom. The zero-order chi connectivity index (χ0) is 63.6. The number of methoxy groups -OCH3 is 2. The zero-order valence-electron chi connectivity index (χ0n) is 52.5. The minimum absolute atomic E-state index is 0.00750. The molecule has 1 aliphatic heterocycles. The van der Waals surface area contributed by atoms with E-state index in [1.807, 2.05) is 0 Å². The molecule has 3 aliphatic carbocycles. The van der Waals surface area contributed by atoms with Crippen molar-refractivity contribution in [3.63, 3.8) is 0 Å². The first-order valence-electron chi connectivity index (χ1n) is 29.3. The summed E-state index contributed by atoms with van der Waals surface area (Å²) in [6, 6.07) is 1.84. The number of aliphatic carboxylic acids is 1. The zero-order valence-corrected chi connectivity index (χ0v) is 52.5. The molecule has 4 aliphatic rings. The summed E-state index contributed by atoms with van der Waals surface area (Å²) in [6.45, 7) is 24.3. The quantitative estimate of drug-likeness (QED) is 0.0259. The Morgan fingerprint density at radius 1 is 0.659 bits per heavy atom. The number of hydrogen-bond donors (Lipinski definition) is 7. The topological polar surface area (TPSA) is 341 Å². The van der Waals surface area contributed by atoms with Crippen LogP contribution >= 0.6 is 0 Å². The lowest BCUT2D eigenvalue weighted by Crippen LogP contribution is -2.39. The summed E-state index contributed by atoms with van der Waals surface area (Å²) in [5.74, 6) is 0.387. The molecule has 22 heteroatoms. The first-order chi connectivity index (χ1) is 38.6. The van der Waals surface area contributed by atoms with Gasteiger partial charge in [0.05, 0.1) is 71.9 Å². The van der Waals surface area contributed by atoms with Gasteiger partial charge in [-0.25, -0.2) is 43.9 Å². The average Bonchev–Trinajstić information content (AvgIpc) is 3.70. The molecule has 0 amide bonds. The van der Waals surface area contributed by atoms with E-state index in [1.54, 1.807) is 38.2 Å². The standard InChI is InChI=1S/C15H22N2O2.C12H18N2O2.C8H19N.C6H10O2.C6H14O2.C5H10O4.C5H12O2.C3H6O3/c18-10-16-14-5-1-12(2-6-14)9-13-3-7-15(8-4-13)17-11-19;1-11(2)4-10(14-9-16)5-12(3,6-11)7-13-8-15;1-6-9(7(2)3)8(4)5;7-6-4-2-1-3-5-8-6;7-5-3-1-2-4-6-8;1-5(2-6,3-7)4(8)9;1-5(2,3-6)4-7;1-5-3(4)6-2/h12-15H,1-9H2;10H,4-7H2,1-3H3;7-8H,6H2,1-5H3;1-5H2;7-8H,1-6H2;6-7H,2-3H2,1H3,(H,8,9);6-7H,3-4H2,1-2H3;1-2H3. The van der Waals surface area contributed by atoms with Crippen molar-refractivity contribution in [2.24, 2.45) is 53.5 Å². The maximum Gasteiger partial charge on any atom is 0.507 e. The predicted octanol–water partition coefficient (Wildman–Crippen LogP) is 8.63. The molecular formula is C60H111N5O17. The van der Waals surface area contributed by atoms with Crippen LogP contribution < -0.4 is 0 Å². The number of aliphatic hydroxyl groups is 6. The van der Waals surface area contributed by atoms with Crippen LogP contribution in [0.25, 0.3) is 0 Å². The maximum atomic E-state index is 10.5. The van der Waals surface area contributed by atoms with Gasteiger partial charge in [-0.2, -0.15) is 0 Å². The van der Waals surface area contributed by atoms with Gasteiger partial charge in [0.2, 0.25) is 24.3 Å². The maximum absolute atomic E-state index is 10.5. The van der Waals surface area contributed by atoms with Crippen LogP contribution in [0.3, 0.4) is 0 Å². The molecule has 1 saturated heterocycles. The van der Waals surface area contributed by atoms with Crippen LogP contribution in [-0.2, 0) is 43.0 Å². The Labute approximate surface area is 491 Å². The van der Waals surface area contributed by atoms with Crippen molar-refractivity contribution >= 4 is 42.4 Å². The largest absolute Gasteiger partial charge is 0.507 e. The number of isocyanates is 4. The molecule has 1 heterocycles. The molecule has 82 heavy (non-hydrogen) atoms. The van der Waals surface area contributed by atoms with Gasteiger partial charge in [-0.1, -0.05) is 54.4 Å². The Kier molecular flexibility index (Phi) is 52.1. The summed E-state index contributed by atoms with van der Waals surface area (Å²) in [6.07, 6.45) is 26.5. The number of aliphatic imine (C=N–C) groups is 4. The number of cyclic esters (lactones) is 1. The number of carboxylic acids is 1. The lowest BCUT2D eigenvalue weighted by atomic mass is 9.63. The molecule has 0 radical (unpaired) electrons. The molecule has 2 unspecified atom stereocenters. The van der Waals surface area contributed by atoms with Crippen LogP contribution in [0.5, 0.6) is 0 Å². The van der Waals surface area contributed by atoms with Crippen molar-refractivity contribution in [3.05, 3.63) is 0 Å². The van der Waals surface area contributed by atoms with Crippen molar-refractivity contribution in [3.8, 4) is 0 Å². The Morgan fingerprint density at radius 2 is 1.10 bits per heavy atom. The van der Waals surface area contributed by atoms with E-state index in [9.17, 15) is 33.6 Å². The second-order valence-electron chi connectivity index (χ2n) is 24.1. The van der Waals surface area contributed by atoms with Crippen LogP contribution in [0.15, 0.2) is 20.0 Å². The van der Waals surface area contributed by atoms with Crippen LogP contribution in [-0.4, -0.2) is 187 Å². The molecule has 478 valence electrons. The molecule has 0 aromatic heterocycles. The third-order valence-electron chi connectivity index (χ3n) is 14.4. The van der Waals surface area contributed by atoms with Crippen molar-refractivity contribution in [2.75, 3.05) is 73.6 Å². The first-order valence-corrected chi connectivity index (χ1v) is 29.3. The van der Waals surface area contributed by atoms with Gasteiger partial charge in [0, 0.05) is 37.1 Å². The summed E-state index contributed by atoms with van der Waals surface area (Å²) in [4.78, 5) is 89.0. The molecule has 0 aromatic rings. The number of carboxylic acid groups (broad SMARTS) is 1. The lowest BCUT2D eigenvalue weighted by Gasteiger charge is -2.44. The van der Waals surface area contributed by atoms with Gasteiger partial charge in [0.1, 0.15) is 5.41 Å². The molecule has 0 spiro atoms. The fourth-order valence-corrected chi connectivity index (χ4v) is 9.76. The highest BCUT2D eigenvalue weighted by Crippen LogP contribution is 2.47. The third kappa shape index (κ3) is 45.9. The molecule has 7 N–H and O–H groups in total. The highest BCUT2D eigenvalue weighted by molar-refractivity contribution is 5.74. The van der Waals surface area contributed by atoms with Crippen LogP contribution in [0, 0.1) is 33.5 Å². The van der Waals surface area contributed by atoms with Crippen molar-refractivity contribution in [1.29, 1.82) is 0 Å². The Hall–Kier alpha value is -4.55. The Bertz CT molecular complexity index is 1750. The van der Waals surface area contributed by atoms with Crippen molar-refractivity contribution in [1.82, 2.24) is 4.90 Å². The SMILES string of the molecule is CC(C)(CO)CO.CC(CO)(CO)C(=O)O.CC1(C)CC(N=C=O)CC(C)(CN=C=O)C1.CCN(C(C)C)C(C)C.COC(=O)OC.O=C1CCCCCO1.O=C=NC1CCC(CC2CCC(N=C=O)CC2)CC1.OCCCCCCO. The van der Waals surface area contributed by atoms with E-state index in [-0.39, 0.29) is 66.8 Å². The number of ether oxygens (including phenoxy) is 3. The number of aliphatic hydroxyl groups excluding tert-OH is 6. The summed E-state index contributed by atoms with van der Waals surface area (Å²) < 4.78 is 12.8. The summed E-state index contributed by atoms with van der Waals surface area (Å²) >= 11 is 0. The van der Waals surface area contributed by atoms with Gasteiger partial charge in [0.15, 0.2) is 0 Å². The summed E-state index contributed by atoms with van der Waals surface area (Å²) in [5, 5.41) is 58.6. The van der Waals surface area contributed by atoms with Gasteiger partial charge in [-0.3, -0.25) is 14.5 Å².